The van der Waals surface area contributed by atoms with Crippen molar-refractivity contribution in [3.8, 4) is 5.75 Å². The average Bonchev–Trinajstić information content (AvgIpc) is 2.28. The van der Waals surface area contributed by atoms with E-state index in [1.165, 1.54) is 0 Å². The Morgan fingerprint density at radius 3 is 2.92 bits per heavy atom. The largest absolute Gasteiger partial charge is 0.504 e. The molecule has 2 nitrogen and oxygen atoms in total. The van der Waals surface area contributed by atoms with Gasteiger partial charge in [0.15, 0.2) is 5.75 Å². The van der Waals surface area contributed by atoms with Gasteiger partial charge >= 0.3 is 0 Å². The quantitative estimate of drug-likeness (QED) is 0.679. The standard InChI is InChI=1S/C9H7ClO2/c1-5-9(11)7-3-2-6(10)4-8(7)12-5/h2-4,11H,1H3. The fourth-order valence-electron chi connectivity index (χ4n) is 1.18. The zero-order chi connectivity index (χ0) is 8.72. The Morgan fingerprint density at radius 1 is 1.42 bits per heavy atom. The highest BCUT2D eigenvalue weighted by Crippen LogP contribution is 2.32. The van der Waals surface area contributed by atoms with Crippen LogP contribution in [0.25, 0.3) is 11.0 Å². The van der Waals surface area contributed by atoms with Crippen molar-refractivity contribution in [2.45, 2.75) is 6.92 Å². The van der Waals surface area contributed by atoms with Gasteiger partial charge in [-0.15, -0.1) is 0 Å². The Labute approximate surface area is 74.4 Å². The van der Waals surface area contributed by atoms with Crippen molar-refractivity contribution in [3.05, 3.63) is 29.0 Å². The highest BCUT2D eigenvalue weighted by molar-refractivity contribution is 6.31. The summed E-state index contributed by atoms with van der Waals surface area (Å²) in [7, 11) is 0. The van der Waals surface area contributed by atoms with Gasteiger partial charge < -0.3 is 9.52 Å². The van der Waals surface area contributed by atoms with Crippen LogP contribution in [0.1, 0.15) is 5.76 Å². The molecule has 0 unspecified atom stereocenters. The third kappa shape index (κ3) is 0.959. The van der Waals surface area contributed by atoms with Gasteiger partial charge in [-0.3, -0.25) is 0 Å². The van der Waals surface area contributed by atoms with Crippen LogP contribution in [0.3, 0.4) is 0 Å². The highest BCUT2D eigenvalue weighted by Gasteiger charge is 2.08. The van der Waals surface area contributed by atoms with E-state index in [2.05, 4.69) is 0 Å². The van der Waals surface area contributed by atoms with E-state index in [1.54, 1.807) is 25.1 Å². The normalized spacial score (nSPS) is 10.8. The van der Waals surface area contributed by atoms with Gasteiger partial charge in [0, 0.05) is 11.1 Å². The smallest absolute Gasteiger partial charge is 0.164 e. The number of benzene rings is 1. The molecular weight excluding hydrogens is 176 g/mol. The van der Waals surface area contributed by atoms with Crippen LogP contribution in [-0.4, -0.2) is 5.11 Å². The minimum Gasteiger partial charge on any atom is -0.504 e. The molecule has 0 aliphatic carbocycles. The second-order valence-corrected chi connectivity index (χ2v) is 3.08. The van der Waals surface area contributed by atoms with Crippen LogP contribution in [0.4, 0.5) is 0 Å². The summed E-state index contributed by atoms with van der Waals surface area (Å²) in [5, 5.41) is 10.8. The number of hydrogen-bond acceptors (Lipinski definition) is 2. The van der Waals surface area contributed by atoms with Crippen molar-refractivity contribution in [2.24, 2.45) is 0 Å². The van der Waals surface area contributed by atoms with E-state index in [1.807, 2.05) is 0 Å². The van der Waals surface area contributed by atoms with E-state index >= 15 is 0 Å². The summed E-state index contributed by atoms with van der Waals surface area (Å²) in [6.45, 7) is 1.71. The van der Waals surface area contributed by atoms with Crippen LogP contribution in [0.15, 0.2) is 22.6 Å². The third-order valence-electron chi connectivity index (χ3n) is 1.80. The maximum Gasteiger partial charge on any atom is 0.164 e. The van der Waals surface area contributed by atoms with E-state index in [0.29, 0.717) is 21.8 Å². The van der Waals surface area contributed by atoms with E-state index < -0.39 is 0 Å². The fourth-order valence-corrected chi connectivity index (χ4v) is 1.34. The van der Waals surface area contributed by atoms with Crippen LogP contribution in [0.2, 0.25) is 5.02 Å². The number of aromatic hydroxyl groups is 1. The molecule has 1 aromatic heterocycles. The zero-order valence-corrected chi connectivity index (χ0v) is 7.22. The number of halogens is 1. The fraction of sp³-hybridized carbons (Fsp3) is 0.111. The van der Waals surface area contributed by atoms with Crippen molar-refractivity contribution in [2.75, 3.05) is 0 Å². The molecule has 0 aliphatic rings. The van der Waals surface area contributed by atoms with Crippen molar-refractivity contribution >= 4 is 22.6 Å². The van der Waals surface area contributed by atoms with Gasteiger partial charge in [-0.05, 0) is 19.1 Å². The lowest BCUT2D eigenvalue weighted by Gasteiger charge is -1.88. The summed E-state index contributed by atoms with van der Waals surface area (Å²) in [6.07, 6.45) is 0. The maximum atomic E-state index is 9.45. The zero-order valence-electron chi connectivity index (χ0n) is 6.47. The molecule has 1 aromatic carbocycles. The summed E-state index contributed by atoms with van der Waals surface area (Å²) >= 11 is 5.74. The molecule has 3 heteroatoms. The van der Waals surface area contributed by atoms with Gasteiger partial charge in [-0.2, -0.15) is 0 Å². The van der Waals surface area contributed by atoms with E-state index in [0.717, 1.165) is 0 Å². The van der Waals surface area contributed by atoms with Crippen molar-refractivity contribution < 1.29 is 9.52 Å². The second kappa shape index (κ2) is 2.42. The summed E-state index contributed by atoms with van der Waals surface area (Å²) in [5.74, 6) is 0.717. The summed E-state index contributed by atoms with van der Waals surface area (Å²) in [5.41, 5.74) is 0.623. The molecule has 0 amide bonds. The molecule has 12 heavy (non-hydrogen) atoms. The van der Waals surface area contributed by atoms with Crippen molar-refractivity contribution in [1.29, 1.82) is 0 Å². The Morgan fingerprint density at radius 2 is 2.17 bits per heavy atom. The first-order valence-electron chi connectivity index (χ1n) is 3.56. The number of furan rings is 1. The lowest BCUT2D eigenvalue weighted by molar-refractivity contribution is 0.451. The van der Waals surface area contributed by atoms with E-state index in [4.69, 9.17) is 16.0 Å². The molecular formula is C9H7ClO2. The van der Waals surface area contributed by atoms with Crippen molar-refractivity contribution in [3.63, 3.8) is 0 Å². The van der Waals surface area contributed by atoms with Gasteiger partial charge in [0.05, 0.1) is 5.39 Å². The molecule has 0 radical (unpaired) electrons. The SMILES string of the molecule is Cc1oc2cc(Cl)ccc2c1O. The number of aryl methyl sites for hydroxylation is 1. The molecule has 0 atom stereocenters. The predicted octanol–water partition coefficient (Wildman–Crippen LogP) is 3.10. The van der Waals surface area contributed by atoms with E-state index in [-0.39, 0.29) is 5.75 Å². The Kier molecular flexibility index (Phi) is 1.51. The van der Waals surface area contributed by atoms with Crippen LogP contribution in [-0.2, 0) is 0 Å². The van der Waals surface area contributed by atoms with Crippen molar-refractivity contribution in [1.82, 2.24) is 0 Å². The first kappa shape index (κ1) is 7.50. The maximum absolute atomic E-state index is 9.45. The molecule has 0 bridgehead atoms. The molecule has 1 heterocycles. The van der Waals surface area contributed by atoms with Gasteiger partial charge in [-0.1, -0.05) is 11.6 Å². The minimum absolute atomic E-state index is 0.196. The molecule has 0 spiro atoms. The molecule has 0 fully saturated rings. The van der Waals surface area contributed by atoms with Crippen LogP contribution in [0, 0.1) is 6.92 Å². The number of fused-ring (bicyclic) bond motifs is 1. The molecule has 62 valence electrons. The highest BCUT2D eigenvalue weighted by atomic mass is 35.5. The van der Waals surface area contributed by atoms with Gasteiger partial charge in [-0.25, -0.2) is 0 Å². The molecule has 0 saturated carbocycles. The third-order valence-corrected chi connectivity index (χ3v) is 2.03. The summed E-state index contributed by atoms with van der Waals surface area (Å²) in [6, 6.07) is 5.14. The number of rotatable bonds is 0. The molecule has 0 saturated heterocycles. The first-order chi connectivity index (χ1) is 5.68. The van der Waals surface area contributed by atoms with Gasteiger partial charge in [0.25, 0.3) is 0 Å². The number of hydrogen-bond donors (Lipinski definition) is 1. The van der Waals surface area contributed by atoms with Gasteiger partial charge in [0.1, 0.15) is 11.3 Å². The van der Waals surface area contributed by atoms with Gasteiger partial charge in [0.2, 0.25) is 0 Å². The molecule has 0 aliphatic heterocycles. The average molecular weight is 183 g/mol. The topological polar surface area (TPSA) is 33.4 Å². The Balaban J connectivity index is 2.87. The molecule has 1 N–H and O–H groups in total. The van der Waals surface area contributed by atoms with Crippen LogP contribution < -0.4 is 0 Å². The Hall–Kier alpha value is -1.15. The van der Waals surface area contributed by atoms with Crippen LogP contribution >= 0.6 is 11.6 Å². The van der Waals surface area contributed by atoms with E-state index in [9.17, 15) is 5.11 Å². The predicted molar refractivity (Wildman–Crippen MR) is 47.6 cm³/mol. The molecule has 2 rings (SSSR count). The van der Waals surface area contributed by atoms with Crippen LogP contribution in [0.5, 0.6) is 5.75 Å². The summed E-state index contributed by atoms with van der Waals surface area (Å²) < 4.78 is 5.25. The minimum atomic E-state index is 0.196. The lowest BCUT2D eigenvalue weighted by atomic mass is 10.2. The second-order valence-electron chi connectivity index (χ2n) is 2.65. The lowest BCUT2D eigenvalue weighted by Crippen LogP contribution is -1.64. The first-order valence-corrected chi connectivity index (χ1v) is 3.94. The monoisotopic (exact) mass is 182 g/mol. The summed E-state index contributed by atoms with van der Waals surface area (Å²) in [4.78, 5) is 0. The molecule has 2 aromatic rings. The Bertz CT molecular complexity index is 431.